The number of carboxylic acids is 1. The molecule has 0 heterocycles. The van der Waals surface area contributed by atoms with Crippen LogP contribution in [0.25, 0.3) is 0 Å². The molecule has 1 radical (unpaired) electrons. The van der Waals surface area contributed by atoms with Gasteiger partial charge in [-0.3, -0.25) is 9.59 Å². The Hall–Kier alpha value is 0.576. The van der Waals surface area contributed by atoms with Crippen molar-refractivity contribution in [3.63, 3.8) is 0 Å². The van der Waals surface area contributed by atoms with Gasteiger partial charge in [0.25, 0.3) is 0 Å². The van der Waals surface area contributed by atoms with E-state index >= 15 is 0 Å². The second-order valence-corrected chi connectivity index (χ2v) is 3.33. The number of nitrogens with one attached hydrogen (secondary N) is 1. The Balaban J connectivity index is 0. The van der Waals surface area contributed by atoms with E-state index in [9.17, 15) is 9.59 Å². The molecule has 0 rings (SSSR count). The van der Waals surface area contributed by atoms with Crippen molar-refractivity contribution in [2.75, 3.05) is 6.54 Å². The summed E-state index contributed by atoms with van der Waals surface area (Å²) in [5.74, 6) is -1.16. The van der Waals surface area contributed by atoms with Gasteiger partial charge in [0.2, 0.25) is 5.91 Å². The average Bonchev–Trinajstić information content (AvgIpc) is 2.14. The van der Waals surface area contributed by atoms with Crippen LogP contribution in [0.15, 0.2) is 0 Å². The Labute approximate surface area is 134 Å². The summed E-state index contributed by atoms with van der Waals surface area (Å²) in [4.78, 5) is 21.1. The van der Waals surface area contributed by atoms with Crippen LogP contribution in [0.5, 0.6) is 0 Å². The van der Waals surface area contributed by atoms with Crippen molar-refractivity contribution in [2.24, 2.45) is 0 Å². The van der Waals surface area contributed by atoms with Gasteiger partial charge in [-0.1, -0.05) is 32.6 Å². The minimum absolute atomic E-state index is 0. The first-order valence-electron chi connectivity index (χ1n) is 5.15. The zero-order valence-corrected chi connectivity index (χ0v) is 12.8. The number of rotatable bonds is 8. The Kier molecular flexibility index (Phi) is 15.1. The van der Waals surface area contributed by atoms with Crippen molar-refractivity contribution < 1.29 is 14.7 Å². The minimum Gasteiger partial charge on any atom is -0.480 e. The second kappa shape index (κ2) is 12.6. The molecule has 0 aromatic heterocycles. The summed E-state index contributed by atoms with van der Waals surface area (Å²) >= 11 is 0. The van der Waals surface area contributed by atoms with E-state index in [-0.39, 0.29) is 63.8 Å². The molecule has 0 atom stereocenters. The normalized spacial score (nSPS) is 9.13. The van der Waals surface area contributed by atoms with E-state index in [2.05, 4.69) is 12.2 Å². The summed E-state index contributed by atoms with van der Waals surface area (Å²) < 4.78 is 0. The van der Waals surface area contributed by atoms with Crippen molar-refractivity contribution in [2.45, 2.75) is 45.4 Å². The molecule has 0 aromatic rings. The van der Waals surface area contributed by atoms with E-state index < -0.39 is 5.97 Å². The van der Waals surface area contributed by atoms with E-state index in [0.717, 1.165) is 19.3 Å². The molecule has 2 N–H and O–H groups in total. The zero-order chi connectivity index (χ0) is 10.8. The van der Waals surface area contributed by atoms with Crippen LogP contribution in [0, 0.1) is 0 Å². The fourth-order valence-corrected chi connectivity index (χ4v) is 1.15. The van der Waals surface area contributed by atoms with Gasteiger partial charge in [-0.2, -0.15) is 0 Å². The molecule has 1 amide bonds. The fourth-order valence-electron chi connectivity index (χ4n) is 1.15. The summed E-state index contributed by atoms with van der Waals surface area (Å²) in [5, 5.41) is 10.6. The monoisotopic (exact) mass is 240 g/mol. The first kappa shape index (κ1) is 18.0. The quantitative estimate of drug-likeness (QED) is 0.494. The summed E-state index contributed by atoms with van der Waals surface area (Å²) in [6, 6.07) is 0. The number of hydrogen-bond acceptors (Lipinski definition) is 2. The van der Waals surface area contributed by atoms with Crippen molar-refractivity contribution in [3.05, 3.63) is 0 Å². The van der Waals surface area contributed by atoms with E-state index in [1.54, 1.807) is 0 Å². The molecule has 0 spiro atoms. The molecular weight excluding hydrogens is 221 g/mol. The third-order valence-corrected chi connectivity index (χ3v) is 1.94. The Morgan fingerprint density at radius 1 is 1.13 bits per heavy atom. The van der Waals surface area contributed by atoms with Crippen LogP contribution in [0.2, 0.25) is 0 Å². The standard InChI is InChI=1S/C10H19NO3.K/c1-2-3-4-5-6-7-9(12)11-8-10(13)14;/h2-8H2,1H3,(H,11,12)(H,13,14);. The topological polar surface area (TPSA) is 66.4 Å². The van der Waals surface area contributed by atoms with Gasteiger partial charge in [0, 0.05) is 57.8 Å². The third kappa shape index (κ3) is 14.6. The Morgan fingerprint density at radius 2 is 1.73 bits per heavy atom. The first-order chi connectivity index (χ1) is 6.66. The minimum atomic E-state index is -0.996. The average molecular weight is 240 g/mol. The predicted molar refractivity (Wildman–Crippen MR) is 59.8 cm³/mol. The maximum Gasteiger partial charge on any atom is 0.322 e. The summed E-state index contributed by atoms with van der Waals surface area (Å²) in [7, 11) is 0. The molecular formula is C10H19KNO3. The molecule has 5 heteroatoms. The molecule has 0 aliphatic carbocycles. The first-order valence-corrected chi connectivity index (χ1v) is 5.15. The SMILES string of the molecule is CCCCCCCC(=O)NCC(=O)O.[K]. The van der Waals surface area contributed by atoms with Crippen molar-refractivity contribution in [3.8, 4) is 0 Å². The Bertz CT molecular complexity index is 186. The number of aliphatic carboxylic acids is 1. The third-order valence-electron chi connectivity index (χ3n) is 1.94. The van der Waals surface area contributed by atoms with Gasteiger partial charge in [0.05, 0.1) is 0 Å². The molecule has 0 fully saturated rings. The van der Waals surface area contributed by atoms with Crippen LogP contribution in [-0.2, 0) is 9.59 Å². The van der Waals surface area contributed by atoms with Crippen molar-refractivity contribution in [1.82, 2.24) is 5.32 Å². The van der Waals surface area contributed by atoms with Crippen molar-refractivity contribution in [1.29, 1.82) is 0 Å². The summed E-state index contributed by atoms with van der Waals surface area (Å²) in [5.41, 5.74) is 0. The van der Waals surface area contributed by atoms with Gasteiger partial charge in [0.1, 0.15) is 6.54 Å². The van der Waals surface area contributed by atoms with Crippen LogP contribution in [0.3, 0.4) is 0 Å². The Morgan fingerprint density at radius 3 is 2.27 bits per heavy atom. The second-order valence-electron chi connectivity index (χ2n) is 3.33. The molecule has 0 saturated heterocycles. The van der Waals surface area contributed by atoms with Gasteiger partial charge in [-0.25, -0.2) is 0 Å². The van der Waals surface area contributed by atoms with E-state index in [1.165, 1.54) is 12.8 Å². The predicted octanol–water partition coefficient (Wildman–Crippen LogP) is 1.17. The summed E-state index contributed by atoms with van der Waals surface area (Å²) in [6.45, 7) is 1.87. The summed E-state index contributed by atoms with van der Waals surface area (Å²) in [6.07, 6.45) is 5.89. The number of amides is 1. The van der Waals surface area contributed by atoms with Crippen molar-refractivity contribution >= 4 is 63.3 Å². The van der Waals surface area contributed by atoms with Gasteiger partial charge in [-0.15, -0.1) is 0 Å². The van der Waals surface area contributed by atoms with Crippen LogP contribution >= 0.6 is 0 Å². The van der Waals surface area contributed by atoms with Gasteiger partial charge < -0.3 is 10.4 Å². The smallest absolute Gasteiger partial charge is 0.322 e. The number of carbonyl (C=O) groups excluding carboxylic acids is 1. The number of carbonyl (C=O) groups is 2. The van der Waals surface area contributed by atoms with Crippen LogP contribution in [-0.4, -0.2) is 74.9 Å². The van der Waals surface area contributed by atoms with Crippen LogP contribution in [0.4, 0.5) is 0 Å². The van der Waals surface area contributed by atoms with E-state index in [4.69, 9.17) is 5.11 Å². The molecule has 4 nitrogen and oxygen atoms in total. The molecule has 83 valence electrons. The zero-order valence-electron chi connectivity index (χ0n) is 9.71. The molecule has 0 saturated carbocycles. The fraction of sp³-hybridized carbons (Fsp3) is 0.800. The molecule has 15 heavy (non-hydrogen) atoms. The van der Waals surface area contributed by atoms with E-state index in [1.807, 2.05) is 0 Å². The molecule has 0 aliphatic heterocycles. The van der Waals surface area contributed by atoms with Gasteiger partial charge in [-0.05, 0) is 6.42 Å². The number of unbranched alkanes of at least 4 members (excludes halogenated alkanes) is 4. The van der Waals surface area contributed by atoms with Crippen LogP contribution in [0.1, 0.15) is 45.4 Å². The van der Waals surface area contributed by atoms with Crippen LogP contribution < -0.4 is 5.32 Å². The number of carboxylic acid groups (broad SMARTS) is 1. The largest absolute Gasteiger partial charge is 0.480 e. The number of hydrogen-bond donors (Lipinski definition) is 2. The maximum atomic E-state index is 11.0. The van der Waals surface area contributed by atoms with Gasteiger partial charge >= 0.3 is 5.97 Å². The van der Waals surface area contributed by atoms with Gasteiger partial charge in [0.15, 0.2) is 0 Å². The molecule has 0 aliphatic rings. The molecule has 0 aromatic carbocycles. The molecule has 0 bridgehead atoms. The van der Waals surface area contributed by atoms with E-state index in [0.29, 0.717) is 6.42 Å². The maximum absolute atomic E-state index is 11.0. The molecule has 0 unspecified atom stereocenters.